The average molecular weight is 446 g/mol. The van der Waals surface area contributed by atoms with Crippen LogP contribution in [0.1, 0.15) is 28.9 Å². The van der Waals surface area contributed by atoms with Crippen molar-refractivity contribution in [3.8, 4) is 11.5 Å². The van der Waals surface area contributed by atoms with E-state index >= 15 is 0 Å². The second kappa shape index (κ2) is 7.88. The topological polar surface area (TPSA) is 47.6 Å². The summed E-state index contributed by atoms with van der Waals surface area (Å²) in [5.74, 6) is 0.953. The van der Waals surface area contributed by atoms with Crippen molar-refractivity contribution in [3.63, 3.8) is 0 Å². The van der Waals surface area contributed by atoms with E-state index in [4.69, 9.17) is 21.1 Å². The maximum absolute atomic E-state index is 12.5. The van der Waals surface area contributed by atoms with Gasteiger partial charge in [-0.3, -0.25) is 4.79 Å². The minimum atomic E-state index is -0.169. The van der Waals surface area contributed by atoms with Gasteiger partial charge >= 0.3 is 0 Å². The van der Waals surface area contributed by atoms with Gasteiger partial charge in [-0.15, -0.1) is 0 Å². The summed E-state index contributed by atoms with van der Waals surface area (Å²) in [5, 5.41) is 3.65. The molecule has 23 heavy (non-hydrogen) atoms. The predicted octanol–water partition coefficient (Wildman–Crippen LogP) is 4.45. The van der Waals surface area contributed by atoms with Crippen molar-refractivity contribution in [1.82, 2.24) is 5.32 Å². The zero-order valence-electron chi connectivity index (χ0n) is 13.0. The van der Waals surface area contributed by atoms with Gasteiger partial charge in [0.2, 0.25) is 0 Å². The van der Waals surface area contributed by atoms with Crippen LogP contribution in [-0.4, -0.2) is 20.1 Å². The Balaban J connectivity index is 2.21. The standard InChI is InChI=1S/C17H17ClINO3/c1-10(11-4-6-12(18)7-5-11)20-17(21)13-8-15(22-2)16(23-3)9-14(13)19/h4-10H,1-3H3,(H,20,21). The summed E-state index contributed by atoms with van der Waals surface area (Å²) in [6.07, 6.45) is 0. The van der Waals surface area contributed by atoms with Crippen LogP contribution in [-0.2, 0) is 0 Å². The first-order valence-electron chi connectivity index (χ1n) is 6.94. The zero-order valence-corrected chi connectivity index (χ0v) is 15.9. The Bertz CT molecular complexity index is 704. The van der Waals surface area contributed by atoms with E-state index in [0.717, 1.165) is 9.13 Å². The third kappa shape index (κ3) is 4.29. The number of halogens is 2. The third-order valence-electron chi connectivity index (χ3n) is 3.44. The second-order valence-corrected chi connectivity index (χ2v) is 6.53. The molecule has 0 radical (unpaired) electrons. The molecule has 1 atom stereocenters. The fourth-order valence-corrected chi connectivity index (χ4v) is 2.95. The van der Waals surface area contributed by atoms with Crippen molar-refractivity contribution >= 4 is 40.1 Å². The lowest BCUT2D eigenvalue weighted by atomic mass is 10.1. The summed E-state index contributed by atoms with van der Waals surface area (Å²) >= 11 is 8.00. The lowest BCUT2D eigenvalue weighted by Gasteiger charge is -2.16. The van der Waals surface area contributed by atoms with Gasteiger partial charge in [-0.1, -0.05) is 23.7 Å². The molecule has 1 unspecified atom stereocenters. The molecule has 0 bridgehead atoms. The lowest BCUT2D eigenvalue weighted by molar-refractivity contribution is 0.0938. The summed E-state index contributed by atoms with van der Waals surface area (Å²) in [6, 6.07) is 10.7. The highest BCUT2D eigenvalue weighted by molar-refractivity contribution is 14.1. The van der Waals surface area contributed by atoms with E-state index in [1.54, 1.807) is 38.5 Å². The third-order valence-corrected chi connectivity index (χ3v) is 4.58. The summed E-state index contributed by atoms with van der Waals surface area (Å²) in [7, 11) is 3.11. The Morgan fingerprint density at radius 1 is 1.13 bits per heavy atom. The first-order chi connectivity index (χ1) is 11.0. The zero-order chi connectivity index (χ0) is 17.0. The molecule has 0 saturated heterocycles. The van der Waals surface area contributed by atoms with E-state index in [1.165, 1.54) is 0 Å². The highest BCUT2D eigenvalue weighted by Crippen LogP contribution is 2.31. The Labute approximate surface area is 154 Å². The van der Waals surface area contributed by atoms with Crippen molar-refractivity contribution in [1.29, 1.82) is 0 Å². The smallest absolute Gasteiger partial charge is 0.252 e. The Kier molecular flexibility index (Phi) is 6.12. The van der Waals surface area contributed by atoms with Gasteiger partial charge in [0, 0.05) is 8.59 Å². The molecular weight excluding hydrogens is 429 g/mol. The van der Waals surface area contributed by atoms with Crippen molar-refractivity contribution < 1.29 is 14.3 Å². The molecule has 122 valence electrons. The van der Waals surface area contributed by atoms with Gasteiger partial charge < -0.3 is 14.8 Å². The van der Waals surface area contributed by atoms with Crippen LogP contribution < -0.4 is 14.8 Å². The number of ether oxygens (including phenoxy) is 2. The van der Waals surface area contributed by atoms with Crippen molar-refractivity contribution in [2.45, 2.75) is 13.0 Å². The highest BCUT2D eigenvalue weighted by atomic mass is 127. The molecule has 0 saturated carbocycles. The van der Waals surface area contributed by atoms with Crippen LogP contribution in [0.25, 0.3) is 0 Å². The van der Waals surface area contributed by atoms with Gasteiger partial charge in [0.05, 0.1) is 25.8 Å². The van der Waals surface area contributed by atoms with Crippen LogP contribution >= 0.6 is 34.2 Å². The van der Waals surface area contributed by atoms with Gasteiger partial charge in [0.1, 0.15) is 0 Å². The minimum absolute atomic E-state index is 0.135. The molecule has 0 fully saturated rings. The second-order valence-electron chi connectivity index (χ2n) is 4.93. The van der Waals surface area contributed by atoms with E-state index < -0.39 is 0 Å². The van der Waals surface area contributed by atoms with Gasteiger partial charge in [0.15, 0.2) is 11.5 Å². The van der Waals surface area contributed by atoms with Crippen LogP contribution in [0.4, 0.5) is 0 Å². The number of hydrogen-bond donors (Lipinski definition) is 1. The summed E-state index contributed by atoms with van der Waals surface area (Å²) < 4.78 is 11.3. The minimum Gasteiger partial charge on any atom is -0.493 e. The fraction of sp³-hybridized carbons (Fsp3) is 0.235. The predicted molar refractivity (Wildman–Crippen MR) is 99.6 cm³/mol. The normalized spacial score (nSPS) is 11.7. The number of hydrogen-bond acceptors (Lipinski definition) is 3. The largest absolute Gasteiger partial charge is 0.493 e. The number of carbonyl (C=O) groups is 1. The molecule has 2 aromatic rings. The van der Waals surface area contributed by atoms with Crippen LogP contribution in [0.15, 0.2) is 36.4 Å². The molecule has 0 aliphatic heterocycles. The molecule has 4 nitrogen and oxygen atoms in total. The lowest BCUT2D eigenvalue weighted by Crippen LogP contribution is -2.27. The van der Waals surface area contributed by atoms with Crippen LogP contribution in [0.5, 0.6) is 11.5 Å². The van der Waals surface area contributed by atoms with Crippen molar-refractivity contribution in [2.24, 2.45) is 0 Å². The molecule has 0 aliphatic carbocycles. The molecule has 0 aliphatic rings. The van der Waals surface area contributed by atoms with Gasteiger partial charge in [-0.2, -0.15) is 0 Å². The number of carbonyl (C=O) groups excluding carboxylic acids is 1. The van der Waals surface area contributed by atoms with Crippen molar-refractivity contribution in [2.75, 3.05) is 14.2 Å². The molecule has 6 heteroatoms. The van der Waals surface area contributed by atoms with Gasteiger partial charge in [-0.25, -0.2) is 0 Å². The number of benzene rings is 2. The Morgan fingerprint density at radius 3 is 2.26 bits per heavy atom. The molecule has 1 amide bonds. The van der Waals surface area contributed by atoms with Gasteiger partial charge in [0.25, 0.3) is 5.91 Å². The van der Waals surface area contributed by atoms with Crippen LogP contribution in [0.3, 0.4) is 0 Å². The molecule has 0 heterocycles. The number of methoxy groups -OCH3 is 2. The Hall–Kier alpha value is -1.47. The molecular formula is C17H17ClINO3. The first kappa shape index (κ1) is 17.9. The molecule has 1 N–H and O–H groups in total. The fourth-order valence-electron chi connectivity index (χ4n) is 2.14. The van der Waals surface area contributed by atoms with Crippen LogP contribution in [0, 0.1) is 3.57 Å². The number of amides is 1. The summed E-state index contributed by atoms with van der Waals surface area (Å²) in [5.41, 5.74) is 1.53. The SMILES string of the molecule is COc1cc(I)c(C(=O)NC(C)c2ccc(Cl)cc2)cc1OC. The van der Waals surface area contributed by atoms with Crippen LogP contribution in [0.2, 0.25) is 5.02 Å². The molecule has 2 aromatic carbocycles. The number of rotatable bonds is 5. The quantitative estimate of drug-likeness (QED) is 0.692. The van der Waals surface area contributed by atoms with E-state index in [9.17, 15) is 4.79 Å². The summed E-state index contributed by atoms with van der Waals surface area (Å²) in [6.45, 7) is 1.93. The maximum atomic E-state index is 12.5. The molecule has 0 spiro atoms. The van der Waals surface area contributed by atoms with E-state index in [2.05, 4.69) is 27.9 Å². The van der Waals surface area contributed by atoms with Gasteiger partial charge in [-0.05, 0) is 59.3 Å². The molecule has 2 rings (SSSR count). The number of nitrogens with one attached hydrogen (secondary N) is 1. The molecule has 0 aromatic heterocycles. The summed E-state index contributed by atoms with van der Waals surface area (Å²) in [4.78, 5) is 12.5. The van der Waals surface area contributed by atoms with E-state index in [-0.39, 0.29) is 11.9 Å². The monoisotopic (exact) mass is 445 g/mol. The van der Waals surface area contributed by atoms with Crippen molar-refractivity contribution in [3.05, 3.63) is 56.1 Å². The van der Waals surface area contributed by atoms with E-state index in [1.807, 2.05) is 19.1 Å². The first-order valence-corrected chi connectivity index (χ1v) is 8.39. The maximum Gasteiger partial charge on any atom is 0.252 e. The Morgan fingerprint density at radius 2 is 1.70 bits per heavy atom. The van der Waals surface area contributed by atoms with E-state index in [0.29, 0.717) is 22.1 Å². The highest BCUT2D eigenvalue weighted by Gasteiger charge is 2.17. The average Bonchev–Trinajstić information content (AvgIpc) is 2.54.